The van der Waals surface area contributed by atoms with E-state index in [4.69, 9.17) is 5.73 Å². The molecule has 17 heavy (non-hydrogen) atoms. The van der Waals surface area contributed by atoms with Gasteiger partial charge in [-0.15, -0.1) is 11.3 Å². The van der Waals surface area contributed by atoms with Gasteiger partial charge >= 0.3 is 0 Å². The van der Waals surface area contributed by atoms with Gasteiger partial charge in [0.05, 0.1) is 0 Å². The fourth-order valence-electron chi connectivity index (χ4n) is 3.77. The van der Waals surface area contributed by atoms with Gasteiger partial charge in [-0.2, -0.15) is 0 Å². The average molecular weight is 250 g/mol. The van der Waals surface area contributed by atoms with Crippen LogP contribution in [0.1, 0.15) is 49.9 Å². The molecule has 2 aliphatic rings. The van der Waals surface area contributed by atoms with E-state index in [-0.39, 0.29) is 0 Å². The number of piperidine rings is 2. The Kier molecular flexibility index (Phi) is 3.24. The first-order chi connectivity index (χ1) is 8.25. The van der Waals surface area contributed by atoms with Crippen molar-refractivity contribution in [3.05, 3.63) is 22.4 Å². The number of thiophene rings is 1. The maximum Gasteiger partial charge on any atom is 0.0419 e. The Morgan fingerprint density at radius 2 is 2.06 bits per heavy atom. The van der Waals surface area contributed by atoms with Gasteiger partial charge in [0.2, 0.25) is 0 Å². The lowest BCUT2D eigenvalue weighted by molar-refractivity contribution is 0.000582. The third-order valence-electron chi connectivity index (χ3n) is 4.47. The van der Waals surface area contributed by atoms with Crippen molar-refractivity contribution in [3.8, 4) is 0 Å². The Hall–Kier alpha value is -0.380. The van der Waals surface area contributed by atoms with E-state index in [1.807, 2.05) is 11.3 Å². The Labute approximate surface area is 108 Å². The third-order valence-corrected chi connectivity index (χ3v) is 5.51. The summed E-state index contributed by atoms with van der Waals surface area (Å²) in [6.45, 7) is 2.37. The number of rotatable bonds is 2. The zero-order valence-electron chi connectivity index (χ0n) is 10.5. The fraction of sp³-hybridized carbons (Fsp3) is 0.714. The highest BCUT2D eigenvalue weighted by molar-refractivity contribution is 7.10. The number of fused-ring (bicyclic) bond motifs is 2. The molecule has 2 N–H and O–H groups in total. The SMILES string of the molecule is CC(c1cccs1)N1C2CCCC1CC(N)C2. The molecule has 1 aromatic heterocycles. The lowest BCUT2D eigenvalue weighted by atomic mass is 9.81. The highest BCUT2D eigenvalue weighted by Crippen LogP contribution is 2.40. The molecule has 0 aliphatic carbocycles. The molecule has 1 aromatic rings. The van der Waals surface area contributed by atoms with Gasteiger partial charge in [0.15, 0.2) is 0 Å². The normalized spacial score (nSPS) is 35.8. The summed E-state index contributed by atoms with van der Waals surface area (Å²) >= 11 is 1.89. The van der Waals surface area contributed by atoms with Gasteiger partial charge in [-0.3, -0.25) is 4.90 Å². The molecule has 2 aliphatic heterocycles. The molecule has 94 valence electrons. The molecule has 2 fully saturated rings. The molecule has 3 atom stereocenters. The average Bonchev–Trinajstić information content (AvgIpc) is 2.80. The van der Waals surface area contributed by atoms with Gasteiger partial charge in [0.25, 0.3) is 0 Å². The fourth-order valence-corrected chi connectivity index (χ4v) is 4.56. The van der Waals surface area contributed by atoms with Gasteiger partial charge in [0, 0.05) is 29.0 Å². The summed E-state index contributed by atoms with van der Waals surface area (Å²) in [4.78, 5) is 4.27. The minimum atomic E-state index is 0.442. The van der Waals surface area contributed by atoms with Crippen LogP contribution in [0.2, 0.25) is 0 Å². The lowest BCUT2D eigenvalue weighted by Crippen LogP contribution is -2.55. The Morgan fingerprint density at radius 1 is 1.35 bits per heavy atom. The first-order valence-corrected chi connectivity index (χ1v) is 7.70. The van der Waals surface area contributed by atoms with Crippen molar-refractivity contribution in [2.45, 2.75) is 63.2 Å². The van der Waals surface area contributed by atoms with Crippen molar-refractivity contribution < 1.29 is 0 Å². The van der Waals surface area contributed by atoms with Crippen LogP contribution in [0.15, 0.2) is 17.5 Å². The third kappa shape index (κ3) is 2.16. The second-order valence-corrected chi connectivity index (χ2v) is 6.59. The van der Waals surface area contributed by atoms with Gasteiger partial charge in [0.1, 0.15) is 0 Å². The molecule has 0 spiro atoms. The second-order valence-electron chi connectivity index (χ2n) is 5.61. The van der Waals surface area contributed by atoms with E-state index in [1.54, 1.807) is 0 Å². The van der Waals surface area contributed by atoms with Crippen LogP contribution in [0.4, 0.5) is 0 Å². The highest BCUT2D eigenvalue weighted by Gasteiger charge is 2.39. The molecule has 0 saturated carbocycles. The van der Waals surface area contributed by atoms with E-state index < -0.39 is 0 Å². The van der Waals surface area contributed by atoms with Crippen molar-refractivity contribution in [2.75, 3.05) is 0 Å². The van der Waals surface area contributed by atoms with Crippen molar-refractivity contribution in [3.63, 3.8) is 0 Å². The molecule has 3 unspecified atom stereocenters. The smallest absolute Gasteiger partial charge is 0.0419 e. The van der Waals surface area contributed by atoms with Crippen molar-refractivity contribution in [1.82, 2.24) is 4.90 Å². The van der Waals surface area contributed by atoms with Crippen LogP contribution in [0, 0.1) is 0 Å². The maximum atomic E-state index is 6.18. The zero-order chi connectivity index (χ0) is 11.8. The zero-order valence-corrected chi connectivity index (χ0v) is 11.3. The van der Waals surface area contributed by atoms with E-state index in [0.717, 1.165) is 12.1 Å². The molecule has 0 aromatic carbocycles. The van der Waals surface area contributed by atoms with E-state index >= 15 is 0 Å². The van der Waals surface area contributed by atoms with E-state index in [9.17, 15) is 0 Å². The largest absolute Gasteiger partial charge is 0.328 e. The summed E-state index contributed by atoms with van der Waals surface area (Å²) in [5.74, 6) is 0. The lowest BCUT2D eigenvalue weighted by Gasteiger charge is -2.50. The van der Waals surface area contributed by atoms with Crippen LogP contribution in [0.3, 0.4) is 0 Å². The van der Waals surface area contributed by atoms with Crippen molar-refractivity contribution in [2.24, 2.45) is 5.73 Å². The first-order valence-electron chi connectivity index (χ1n) is 6.82. The maximum absolute atomic E-state index is 6.18. The highest BCUT2D eigenvalue weighted by atomic mass is 32.1. The molecule has 3 rings (SSSR count). The second kappa shape index (κ2) is 4.71. The Morgan fingerprint density at radius 3 is 2.65 bits per heavy atom. The number of nitrogens with zero attached hydrogens (tertiary/aromatic N) is 1. The van der Waals surface area contributed by atoms with Crippen LogP contribution in [-0.4, -0.2) is 23.0 Å². The van der Waals surface area contributed by atoms with Crippen LogP contribution in [-0.2, 0) is 0 Å². The first kappa shape index (κ1) is 11.7. The van der Waals surface area contributed by atoms with E-state index in [0.29, 0.717) is 12.1 Å². The predicted octanol–water partition coefficient (Wildman–Crippen LogP) is 3.15. The van der Waals surface area contributed by atoms with Crippen LogP contribution in [0.25, 0.3) is 0 Å². The monoisotopic (exact) mass is 250 g/mol. The van der Waals surface area contributed by atoms with Crippen molar-refractivity contribution in [1.29, 1.82) is 0 Å². The molecule has 2 nitrogen and oxygen atoms in total. The minimum absolute atomic E-state index is 0.442. The molecule has 2 saturated heterocycles. The van der Waals surface area contributed by atoms with Gasteiger partial charge in [-0.1, -0.05) is 12.5 Å². The molecular formula is C14H22N2S. The van der Waals surface area contributed by atoms with E-state index in [1.165, 1.54) is 37.0 Å². The molecular weight excluding hydrogens is 228 g/mol. The molecule has 0 amide bonds. The topological polar surface area (TPSA) is 29.3 Å². The Balaban J connectivity index is 1.82. The quantitative estimate of drug-likeness (QED) is 0.873. The van der Waals surface area contributed by atoms with Crippen LogP contribution < -0.4 is 5.73 Å². The number of hydrogen-bond donors (Lipinski definition) is 1. The molecule has 3 heteroatoms. The summed E-state index contributed by atoms with van der Waals surface area (Å²) in [6, 6.07) is 6.93. The van der Waals surface area contributed by atoms with Gasteiger partial charge in [-0.05, 0) is 44.1 Å². The predicted molar refractivity (Wildman–Crippen MR) is 73.2 cm³/mol. The van der Waals surface area contributed by atoms with Crippen LogP contribution >= 0.6 is 11.3 Å². The van der Waals surface area contributed by atoms with Crippen LogP contribution in [0.5, 0.6) is 0 Å². The number of nitrogens with two attached hydrogens (primary N) is 1. The standard InChI is InChI=1S/C14H22N2S/c1-10(14-6-3-7-17-14)16-12-4-2-5-13(16)9-11(15)8-12/h3,6-7,10-13H,2,4-5,8-9,15H2,1H3. The molecule has 0 radical (unpaired) electrons. The van der Waals surface area contributed by atoms with Crippen molar-refractivity contribution >= 4 is 11.3 Å². The molecule has 3 heterocycles. The van der Waals surface area contributed by atoms with E-state index in [2.05, 4.69) is 29.3 Å². The summed E-state index contributed by atoms with van der Waals surface area (Å²) < 4.78 is 0. The molecule has 2 bridgehead atoms. The minimum Gasteiger partial charge on any atom is -0.328 e. The summed E-state index contributed by atoms with van der Waals surface area (Å²) in [5.41, 5.74) is 6.18. The Bertz CT molecular complexity index is 348. The van der Waals surface area contributed by atoms with Gasteiger partial charge < -0.3 is 5.73 Å². The summed E-state index contributed by atoms with van der Waals surface area (Å²) in [7, 11) is 0. The number of hydrogen-bond acceptors (Lipinski definition) is 3. The summed E-state index contributed by atoms with van der Waals surface area (Å²) in [5, 5.41) is 2.19. The summed E-state index contributed by atoms with van der Waals surface area (Å²) in [6.07, 6.45) is 6.49. The van der Waals surface area contributed by atoms with Gasteiger partial charge in [-0.25, -0.2) is 0 Å².